The average molecular weight is 282 g/mol. The topological polar surface area (TPSA) is 58.2 Å². The first-order chi connectivity index (χ1) is 9.06. The highest BCUT2D eigenvalue weighted by Gasteiger charge is 2.11. The molecule has 0 aromatic heterocycles. The number of fused-ring (bicyclic) bond motifs is 1. The lowest BCUT2D eigenvalue weighted by Gasteiger charge is -2.21. The molecular weight excluding hydrogens is 260 g/mol. The SMILES string of the molecule is CS(=O)(=O)CCCNCc1cccc2c1NCCC2. The van der Waals surface area contributed by atoms with Gasteiger partial charge in [-0.3, -0.25) is 0 Å². The van der Waals surface area contributed by atoms with E-state index in [9.17, 15) is 8.42 Å². The van der Waals surface area contributed by atoms with Crippen molar-refractivity contribution in [1.29, 1.82) is 0 Å². The minimum atomic E-state index is -2.84. The number of hydrogen-bond donors (Lipinski definition) is 2. The third kappa shape index (κ3) is 4.51. The largest absolute Gasteiger partial charge is 0.385 e. The van der Waals surface area contributed by atoms with E-state index in [4.69, 9.17) is 0 Å². The number of nitrogens with one attached hydrogen (secondary N) is 2. The highest BCUT2D eigenvalue weighted by molar-refractivity contribution is 7.90. The van der Waals surface area contributed by atoms with E-state index < -0.39 is 9.84 Å². The lowest BCUT2D eigenvalue weighted by atomic mass is 9.99. The zero-order valence-electron chi connectivity index (χ0n) is 11.4. The normalized spacial score (nSPS) is 14.8. The Morgan fingerprint density at radius 3 is 3.00 bits per heavy atom. The molecule has 0 bridgehead atoms. The zero-order valence-corrected chi connectivity index (χ0v) is 12.2. The number of hydrogen-bond acceptors (Lipinski definition) is 4. The van der Waals surface area contributed by atoms with Crippen LogP contribution in [-0.4, -0.2) is 33.5 Å². The fourth-order valence-corrected chi connectivity index (χ4v) is 3.08. The van der Waals surface area contributed by atoms with E-state index in [-0.39, 0.29) is 5.75 Å². The van der Waals surface area contributed by atoms with Gasteiger partial charge in [0.2, 0.25) is 0 Å². The second-order valence-electron chi connectivity index (χ2n) is 5.14. The molecule has 0 aliphatic carbocycles. The fourth-order valence-electron chi connectivity index (χ4n) is 2.41. The van der Waals surface area contributed by atoms with Gasteiger partial charge in [0.15, 0.2) is 0 Å². The van der Waals surface area contributed by atoms with Crippen LogP contribution in [0.4, 0.5) is 5.69 Å². The van der Waals surface area contributed by atoms with Crippen LogP contribution in [0.1, 0.15) is 24.0 Å². The lowest BCUT2D eigenvalue weighted by Crippen LogP contribution is -2.20. The van der Waals surface area contributed by atoms with Gasteiger partial charge in [-0.05, 0) is 36.9 Å². The molecule has 1 heterocycles. The summed E-state index contributed by atoms with van der Waals surface area (Å²) in [5.74, 6) is 0.255. The molecule has 0 radical (unpaired) electrons. The Labute approximate surface area is 115 Å². The van der Waals surface area contributed by atoms with E-state index in [0.717, 1.165) is 26.1 Å². The number of rotatable bonds is 6. The summed E-state index contributed by atoms with van der Waals surface area (Å²) < 4.78 is 22.0. The number of benzene rings is 1. The zero-order chi connectivity index (χ0) is 13.7. The molecule has 0 saturated heterocycles. The van der Waals surface area contributed by atoms with E-state index in [0.29, 0.717) is 6.42 Å². The summed E-state index contributed by atoms with van der Waals surface area (Å²) in [5.41, 5.74) is 3.93. The van der Waals surface area contributed by atoms with Gasteiger partial charge in [0, 0.05) is 25.0 Å². The predicted molar refractivity (Wildman–Crippen MR) is 79.3 cm³/mol. The molecule has 0 saturated carbocycles. The van der Waals surface area contributed by atoms with Crippen LogP contribution >= 0.6 is 0 Å². The molecule has 0 fully saturated rings. The molecule has 1 aromatic carbocycles. The van der Waals surface area contributed by atoms with Gasteiger partial charge in [-0.1, -0.05) is 18.2 Å². The van der Waals surface area contributed by atoms with E-state index in [1.807, 2.05) is 0 Å². The van der Waals surface area contributed by atoms with Gasteiger partial charge >= 0.3 is 0 Å². The van der Waals surface area contributed by atoms with Crippen LogP contribution in [-0.2, 0) is 22.8 Å². The molecule has 5 heteroatoms. The highest BCUT2D eigenvalue weighted by atomic mass is 32.2. The van der Waals surface area contributed by atoms with E-state index in [2.05, 4.69) is 28.8 Å². The van der Waals surface area contributed by atoms with Crippen LogP contribution < -0.4 is 10.6 Å². The Balaban J connectivity index is 1.83. The van der Waals surface area contributed by atoms with Crippen LogP contribution in [0.15, 0.2) is 18.2 Å². The van der Waals surface area contributed by atoms with Crippen molar-refractivity contribution in [2.75, 3.05) is 30.4 Å². The van der Waals surface area contributed by atoms with Crippen LogP contribution in [0.25, 0.3) is 0 Å². The van der Waals surface area contributed by atoms with Gasteiger partial charge in [0.25, 0.3) is 0 Å². The molecule has 106 valence electrons. The molecule has 0 amide bonds. The number of sulfone groups is 1. The molecule has 2 N–H and O–H groups in total. The van der Waals surface area contributed by atoms with Crippen molar-refractivity contribution >= 4 is 15.5 Å². The maximum absolute atomic E-state index is 11.0. The molecule has 0 unspecified atom stereocenters. The van der Waals surface area contributed by atoms with Crippen molar-refractivity contribution in [3.05, 3.63) is 29.3 Å². The monoisotopic (exact) mass is 282 g/mol. The first kappa shape index (κ1) is 14.3. The summed E-state index contributed by atoms with van der Waals surface area (Å²) in [6.45, 7) is 2.56. The molecule has 0 atom stereocenters. The first-order valence-electron chi connectivity index (χ1n) is 6.79. The third-order valence-corrected chi connectivity index (χ3v) is 4.38. The van der Waals surface area contributed by atoms with E-state index >= 15 is 0 Å². The maximum Gasteiger partial charge on any atom is 0.147 e. The van der Waals surface area contributed by atoms with Crippen molar-refractivity contribution < 1.29 is 8.42 Å². The van der Waals surface area contributed by atoms with Crippen molar-refractivity contribution in [3.63, 3.8) is 0 Å². The van der Waals surface area contributed by atoms with Gasteiger partial charge < -0.3 is 10.6 Å². The first-order valence-corrected chi connectivity index (χ1v) is 8.85. The van der Waals surface area contributed by atoms with Gasteiger partial charge in [-0.25, -0.2) is 8.42 Å². The predicted octanol–water partition coefficient (Wildman–Crippen LogP) is 1.57. The Kier molecular flexibility index (Phi) is 4.82. The Morgan fingerprint density at radius 2 is 2.21 bits per heavy atom. The number of para-hydroxylation sites is 1. The second kappa shape index (κ2) is 6.39. The van der Waals surface area contributed by atoms with Gasteiger partial charge in [0.1, 0.15) is 9.84 Å². The van der Waals surface area contributed by atoms with Crippen molar-refractivity contribution in [1.82, 2.24) is 5.32 Å². The second-order valence-corrected chi connectivity index (χ2v) is 7.40. The van der Waals surface area contributed by atoms with E-state index in [1.54, 1.807) is 0 Å². The van der Waals surface area contributed by atoms with Gasteiger partial charge in [-0.2, -0.15) is 0 Å². The van der Waals surface area contributed by atoms with Crippen molar-refractivity contribution in [3.8, 4) is 0 Å². The summed E-state index contributed by atoms with van der Waals surface area (Å²) >= 11 is 0. The lowest BCUT2D eigenvalue weighted by molar-refractivity contribution is 0.594. The Morgan fingerprint density at radius 1 is 1.37 bits per heavy atom. The minimum absolute atomic E-state index is 0.255. The summed E-state index contributed by atoms with van der Waals surface area (Å²) in [6, 6.07) is 6.40. The molecule has 1 aliphatic heterocycles. The smallest absolute Gasteiger partial charge is 0.147 e. The molecule has 1 aliphatic rings. The third-order valence-electron chi connectivity index (χ3n) is 3.35. The quantitative estimate of drug-likeness (QED) is 0.778. The minimum Gasteiger partial charge on any atom is -0.385 e. The molecular formula is C14H22N2O2S. The summed E-state index contributed by atoms with van der Waals surface area (Å²) in [6.07, 6.45) is 4.29. The molecule has 1 aromatic rings. The molecule has 19 heavy (non-hydrogen) atoms. The summed E-state index contributed by atoms with van der Waals surface area (Å²) in [4.78, 5) is 0. The molecule has 2 rings (SSSR count). The highest BCUT2D eigenvalue weighted by Crippen LogP contribution is 2.25. The standard InChI is InChI=1S/C14H22N2O2S/c1-19(17,18)10-4-8-15-11-13-6-2-5-12-7-3-9-16-14(12)13/h2,5-6,15-16H,3-4,7-11H2,1H3. The van der Waals surface area contributed by atoms with Crippen LogP contribution in [0.5, 0.6) is 0 Å². The number of anilines is 1. The number of aryl methyl sites for hydroxylation is 1. The maximum atomic E-state index is 11.0. The fraction of sp³-hybridized carbons (Fsp3) is 0.571. The van der Waals surface area contributed by atoms with E-state index in [1.165, 1.54) is 29.5 Å². The molecule has 0 spiro atoms. The summed E-state index contributed by atoms with van der Waals surface area (Å²) in [7, 11) is -2.84. The Hall–Kier alpha value is -1.07. The Bertz CT molecular complexity index is 526. The van der Waals surface area contributed by atoms with Gasteiger partial charge in [0.05, 0.1) is 5.75 Å². The van der Waals surface area contributed by atoms with Crippen LogP contribution in [0, 0.1) is 0 Å². The van der Waals surface area contributed by atoms with Gasteiger partial charge in [-0.15, -0.1) is 0 Å². The van der Waals surface area contributed by atoms with Crippen LogP contribution in [0.2, 0.25) is 0 Å². The van der Waals surface area contributed by atoms with Crippen LogP contribution in [0.3, 0.4) is 0 Å². The average Bonchev–Trinajstić information content (AvgIpc) is 2.37. The molecule has 4 nitrogen and oxygen atoms in total. The van der Waals surface area contributed by atoms with Crippen molar-refractivity contribution in [2.24, 2.45) is 0 Å². The van der Waals surface area contributed by atoms with Crippen molar-refractivity contribution in [2.45, 2.75) is 25.8 Å². The summed E-state index contributed by atoms with van der Waals surface area (Å²) in [5, 5.41) is 6.78.